The number of carbonyl (C=O) groups excluding carboxylic acids is 2. The summed E-state index contributed by atoms with van der Waals surface area (Å²) in [5.41, 5.74) is 6.98. The lowest BCUT2D eigenvalue weighted by Crippen LogP contribution is -2.22. The molecule has 0 saturated carbocycles. The van der Waals surface area contributed by atoms with Crippen LogP contribution in [-0.2, 0) is 12.7 Å². The highest BCUT2D eigenvalue weighted by atomic mass is 19.4. The Hall–Kier alpha value is -4.79. The SMILES string of the molecule is Cc1c(-c2c(C(N)=O)nc3cccc(F)c3c2C(N)=O)c(C(F)(F)F)nn1Cc1ccccc1C#N. The van der Waals surface area contributed by atoms with Crippen molar-refractivity contribution in [3.63, 3.8) is 0 Å². The molecule has 0 unspecified atom stereocenters. The van der Waals surface area contributed by atoms with Gasteiger partial charge in [-0.2, -0.15) is 23.5 Å². The van der Waals surface area contributed by atoms with Crippen LogP contribution in [0, 0.1) is 24.1 Å². The molecule has 0 bridgehead atoms. The van der Waals surface area contributed by atoms with Crippen LogP contribution in [0.2, 0.25) is 0 Å². The molecular weight excluding hydrogens is 480 g/mol. The Labute approximate surface area is 200 Å². The summed E-state index contributed by atoms with van der Waals surface area (Å²) in [4.78, 5) is 28.8. The van der Waals surface area contributed by atoms with Crippen molar-refractivity contribution in [1.29, 1.82) is 5.26 Å². The lowest BCUT2D eigenvalue weighted by Gasteiger charge is -2.16. The molecule has 8 nitrogen and oxygen atoms in total. The maximum Gasteiger partial charge on any atom is 0.435 e. The molecule has 36 heavy (non-hydrogen) atoms. The van der Waals surface area contributed by atoms with E-state index in [4.69, 9.17) is 11.5 Å². The van der Waals surface area contributed by atoms with E-state index in [0.29, 0.717) is 5.56 Å². The number of nitrogens with zero attached hydrogens (tertiary/aromatic N) is 4. The van der Waals surface area contributed by atoms with Gasteiger partial charge in [0.1, 0.15) is 11.5 Å². The quantitative estimate of drug-likeness (QED) is 0.406. The summed E-state index contributed by atoms with van der Waals surface area (Å²) in [5.74, 6) is -3.53. The van der Waals surface area contributed by atoms with Gasteiger partial charge < -0.3 is 11.5 Å². The highest BCUT2D eigenvalue weighted by Gasteiger charge is 2.41. The van der Waals surface area contributed by atoms with E-state index < -0.39 is 57.3 Å². The van der Waals surface area contributed by atoms with Crippen LogP contribution in [-0.4, -0.2) is 26.6 Å². The second kappa shape index (κ2) is 8.77. The smallest absolute Gasteiger partial charge is 0.366 e. The van der Waals surface area contributed by atoms with E-state index in [1.54, 1.807) is 18.2 Å². The number of carbonyl (C=O) groups is 2. The maximum atomic E-state index is 14.8. The van der Waals surface area contributed by atoms with Crippen molar-refractivity contribution in [1.82, 2.24) is 14.8 Å². The molecule has 12 heteroatoms. The number of primary amides is 2. The number of nitrogens with two attached hydrogens (primary N) is 2. The van der Waals surface area contributed by atoms with Gasteiger partial charge in [0.05, 0.1) is 29.3 Å². The van der Waals surface area contributed by atoms with Crippen LogP contribution in [0.15, 0.2) is 42.5 Å². The van der Waals surface area contributed by atoms with Crippen LogP contribution < -0.4 is 11.5 Å². The Morgan fingerprint density at radius 2 is 1.75 bits per heavy atom. The molecule has 0 atom stereocenters. The molecule has 2 heterocycles. The van der Waals surface area contributed by atoms with Gasteiger partial charge in [-0.25, -0.2) is 9.37 Å². The van der Waals surface area contributed by atoms with Crippen molar-refractivity contribution >= 4 is 22.7 Å². The highest BCUT2D eigenvalue weighted by Crippen LogP contribution is 2.42. The molecule has 182 valence electrons. The van der Waals surface area contributed by atoms with Crippen molar-refractivity contribution in [3.8, 4) is 17.2 Å². The van der Waals surface area contributed by atoms with E-state index in [2.05, 4.69) is 10.1 Å². The predicted molar refractivity (Wildman–Crippen MR) is 120 cm³/mol. The molecule has 4 N–H and O–H groups in total. The van der Waals surface area contributed by atoms with E-state index in [1.165, 1.54) is 25.1 Å². The zero-order valence-corrected chi connectivity index (χ0v) is 18.5. The molecule has 4 aromatic rings. The molecule has 0 spiro atoms. The van der Waals surface area contributed by atoms with Crippen LogP contribution in [0.3, 0.4) is 0 Å². The predicted octanol–water partition coefficient (Wildman–Crippen LogP) is 3.68. The molecule has 2 aromatic heterocycles. The zero-order valence-electron chi connectivity index (χ0n) is 18.5. The monoisotopic (exact) mass is 496 g/mol. The van der Waals surface area contributed by atoms with Gasteiger partial charge in [0.25, 0.3) is 5.91 Å². The van der Waals surface area contributed by atoms with Gasteiger partial charge in [-0.05, 0) is 30.7 Å². The molecule has 4 rings (SSSR count). The number of halogens is 4. The van der Waals surface area contributed by atoms with Crippen molar-refractivity contribution in [2.24, 2.45) is 11.5 Å². The normalized spacial score (nSPS) is 11.4. The lowest BCUT2D eigenvalue weighted by molar-refractivity contribution is -0.141. The number of hydrogen-bond donors (Lipinski definition) is 2. The summed E-state index contributed by atoms with van der Waals surface area (Å²) in [6.45, 7) is 1.03. The van der Waals surface area contributed by atoms with Gasteiger partial charge in [0.2, 0.25) is 5.91 Å². The molecule has 0 aliphatic rings. The van der Waals surface area contributed by atoms with Gasteiger partial charge in [0, 0.05) is 22.2 Å². The van der Waals surface area contributed by atoms with Crippen molar-refractivity contribution < 1.29 is 27.2 Å². The molecule has 0 aliphatic carbocycles. The van der Waals surface area contributed by atoms with Gasteiger partial charge in [-0.1, -0.05) is 24.3 Å². The average Bonchev–Trinajstić information content (AvgIpc) is 3.14. The minimum Gasteiger partial charge on any atom is -0.366 e. The van der Waals surface area contributed by atoms with Crippen molar-refractivity contribution in [2.45, 2.75) is 19.6 Å². The van der Waals surface area contributed by atoms with Gasteiger partial charge in [-0.15, -0.1) is 0 Å². The minimum absolute atomic E-state index is 0.141. The van der Waals surface area contributed by atoms with Crippen LogP contribution >= 0.6 is 0 Å². The maximum absolute atomic E-state index is 14.8. The summed E-state index contributed by atoms with van der Waals surface area (Å²) in [7, 11) is 0. The Morgan fingerprint density at radius 3 is 2.36 bits per heavy atom. The van der Waals surface area contributed by atoms with Gasteiger partial charge in [0.15, 0.2) is 5.69 Å². The lowest BCUT2D eigenvalue weighted by atomic mass is 9.91. The Kier molecular flexibility index (Phi) is 5.93. The third kappa shape index (κ3) is 4.00. The fraction of sp³-hybridized carbons (Fsp3) is 0.125. The fourth-order valence-electron chi connectivity index (χ4n) is 4.07. The number of fused-ring (bicyclic) bond motifs is 1. The molecular formula is C24H16F4N6O2. The number of amides is 2. The number of rotatable bonds is 5. The summed E-state index contributed by atoms with van der Waals surface area (Å²) in [6, 6.07) is 11.7. The Bertz CT molecular complexity index is 1600. The first-order chi connectivity index (χ1) is 17.0. The number of hydrogen-bond acceptors (Lipinski definition) is 5. The summed E-state index contributed by atoms with van der Waals surface area (Å²) in [6.07, 6.45) is -5.06. The molecule has 0 saturated heterocycles. The first kappa shape index (κ1) is 24.3. The summed E-state index contributed by atoms with van der Waals surface area (Å²) < 4.78 is 58.4. The number of aromatic nitrogens is 3. The third-order valence-corrected chi connectivity index (χ3v) is 5.62. The molecule has 0 radical (unpaired) electrons. The van der Waals surface area contributed by atoms with Crippen LogP contribution in [0.5, 0.6) is 0 Å². The van der Waals surface area contributed by atoms with E-state index in [0.717, 1.165) is 10.7 Å². The topological polar surface area (TPSA) is 141 Å². The Balaban J connectivity index is 2.14. The molecule has 0 aliphatic heterocycles. The standard InChI is InChI=1S/C24H16F4N6O2/c1-11-16(21(24(26,27)28)33-34(11)10-13-6-3-2-5-12(13)9-29)18-19(22(30)35)17-14(25)7-4-8-15(17)32-20(18)23(31)36/h2-8H,10H2,1H3,(H2,30,35)(H2,31,36). The van der Waals surface area contributed by atoms with Crippen LogP contribution in [0.1, 0.15) is 43.4 Å². The highest BCUT2D eigenvalue weighted by molar-refractivity contribution is 6.15. The van der Waals surface area contributed by atoms with Gasteiger partial charge >= 0.3 is 6.18 Å². The third-order valence-electron chi connectivity index (χ3n) is 5.62. The second-order valence-corrected chi connectivity index (χ2v) is 7.81. The van der Waals surface area contributed by atoms with Crippen LogP contribution in [0.4, 0.5) is 17.6 Å². The molecule has 2 aromatic carbocycles. The summed E-state index contributed by atoms with van der Waals surface area (Å²) in [5, 5.41) is 12.6. The van der Waals surface area contributed by atoms with E-state index in [9.17, 15) is 32.4 Å². The second-order valence-electron chi connectivity index (χ2n) is 7.81. The zero-order chi connectivity index (χ0) is 26.4. The molecule has 0 fully saturated rings. The number of alkyl halides is 3. The molecule has 2 amide bonds. The number of benzene rings is 2. The van der Waals surface area contributed by atoms with Crippen molar-refractivity contribution in [2.75, 3.05) is 0 Å². The summed E-state index contributed by atoms with van der Waals surface area (Å²) >= 11 is 0. The number of nitriles is 1. The average molecular weight is 496 g/mol. The van der Waals surface area contributed by atoms with Crippen LogP contribution in [0.25, 0.3) is 22.0 Å². The van der Waals surface area contributed by atoms with E-state index in [-0.39, 0.29) is 23.3 Å². The largest absolute Gasteiger partial charge is 0.435 e. The fourth-order valence-corrected chi connectivity index (χ4v) is 4.07. The van der Waals surface area contributed by atoms with E-state index >= 15 is 0 Å². The Morgan fingerprint density at radius 1 is 1.06 bits per heavy atom. The number of pyridine rings is 1. The first-order valence-corrected chi connectivity index (χ1v) is 10.3. The van der Waals surface area contributed by atoms with Gasteiger partial charge in [-0.3, -0.25) is 14.3 Å². The van der Waals surface area contributed by atoms with E-state index in [1.807, 2.05) is 6.07 Å². The minimum atomic E-state index is -5.06. The first-order valence-electron chi connectivity index (χ1n) is 10.3. The van der Waals surface area contributed by atoms with Crippen molar-refractivity contribution in [3.05, 3.63) is 82.1 Å².